The topological polar surface area (TPSA) is 121 Å². The van der Waals surface area contributed by atoms with E-state index < -0.39 is 23.3 Å². The molecule has 47 heavy (non-hydrogen) atoms. The van der Waals surface area contributed by atoms with Gasteiger partial charge in [-0.1, -0.05) is 19.1 Å². The number of benzene rings is 2. The van der Waals surface area contributed by atoms with E-state index in [-0.39, 0.29) is 24.7 Å². The summed E-state index contributed by atoms with van der Waals surface area (Å²) in [6.45, 7) is 2.53. The maximum atomic E-state index is 16.0. The minimum atomic E-state index is -1.51. The van der Waals surface area contributed by atoms with Gasteiger partial charge in [0.05, 0.1) is 24.3 Å². The number of amides is 2. The average molecular weight is 664 g/mol. The quantitative estimate of drug-likeness (QED) is 0.183. The maximum Gasteiger partial charge on any atom is 0.251 e. The number of nitrogens with two attached hydrogens (primary N) is 1. The fourth-order valence-corrected chi connectivity index (χ4v) is 7.16. The molecular formula is C34H32F3N5O4S. The number of halogens is 3. The number of hydrogen-bond donors (Lipinski definition) is 2. The van der Waals surface area contributed by atoms with Crippen LogP contribution >= 0.6 is 11.3 Å². The lowest BCUT2D eigenvalue weighted by Crippen LogP contribution is -2.33. The number of aromatic nitrogens is 3. The van der Waals surface area contributed by atoms with Crippen LogP contribution in [-0.2, 0) is 10.6 Å². The van der Waals surface area contributed by atoms with Crippen molar-refractivity contribution < 1.29 is 32.2 Å². The van der Waals surface area contributed by atoms with Gasteiger partial charge in [-0.25, -0.2) is 22.8 Å². The number of nitrogens with zero attached hydrogens (tertiary/aromatic N) is 3. The first-order chi connectivity index (χ1) is 22.6. The number of fused-ring (bicyclic) bond motifs is 3. The van der Waals surface area contributed by atoms with Crippen LogP contribution in [0.2, 0.25) is 0 Å². The van der Waals surface area contributed by atoms with E-state index in [1.54, 1.807) is 24.4 Å². The molecule has 2 unspecified atom stereocenters. The van der Waals surface area contributed by atoms with Crippen molar-refractivity contribution in [2.75, 3.05) is 20.3 Å². The third-order valence-corrected chi connectivity index (χ3v) is 10.1. The Kier molecular flexibility index (Phi) is 7.61. The molecule has 5 aromatic rings. The number of primary amides is 1. The third kappa shape index (κ3) is 5.45. The number of ether oxygens (including phenoxy) is 2. The minimum Gasteiger partial charge on any atom is -0.494 e. The Morgan fingerprint density at radius 2 is 2.02 bits per heavy atom. The highest BCUT2D eigenvalue weighted by Crippen LogP contribution is 2.53. The van der Waals surface area contributed by atoms with Crippen molar-refractivity contribution in [2.24, 2.45) is 5.73 Å². The second-order valence-corrected chi connectivity index (χ2v) is 13.2. The Balaban J connectivity index is 0.00000113. The van der Waals surface area contributed by atoms with Gasteiger partial charge in [-0.15, -0.1) is 11.3 Å². The summed E-state index contributed by atoms with van der Waals surface area (Å²) < 4.78 is 58.7. The van der Waals surface area contributed by atoms with E-state index in [4.69, 9.17) is 19.3 Å². The number of carbonyl (C=O) groups excluding carboxylic acids is 2. The van der Waals surface area contributed by atoms with E-state index in [2.05, 4.69) is 16.1 Å². The second kappa shape index (κ2) is 11.5. The molecule has 0 saturated heterocycles. The molecule has 2 saturated carbocycles. The highest BCUT2D eigenvalue weighted by Gasteiger charge is 2.52. The number of carbonyl (C=O) groups is 2. The normalized spacial score (nSPS) is 18.9. The van der Waals surface area contributed by atoms with Gasteiger partial charge >= 0.3 is 0 Å². The molecule has 3 aromatic heterocycles. The van der Waals surface area contributed by atoms with Crippen LogP contribution in [0.25, 0.3) is 32.2 Å². The number of rotatable bonds is 8. The number of hydrogen-bond acceptors (Lipinski definition) is 7. The van der Waals surface area contributed by atoms with E-state index in [9.17, 15) is 13.6 Å². The Morgan fingerprint density at radius 1 is 1.26 bits per heavy atom. The van der Waals surface area contributed by atoms with Gasteiger partial charge in [-0.05, 0) is 37.1 Å². The first kappa shape index (κ1) is 31.0. The molecule has 2 fully saturated rings. The van der Waals surface area contributed by atoms with E-state index >= 15 is 4.39 Å². The van der Waals surface area contributed by atoms with Gasteiger partial charge in [-0.2, -0.15) is 5.10 Å². The lowest BCUT2D eigenvalue weighted by molar-refractivity contribution is -0.106. The van der Waals surface area contributed by atoms with Crippen molar-refractivity contribution in [3.05, 3.63) is 70.6 Å². The van der Waals surface area contributed by atoms with Gasteiger partial charge in [0.2, 0.25) is 12.2 Å². The van der Waals surface area contributed by atoms with Gasteiger partial charge in [-0.3, -0.25) is 9.59 Å². The van der Waals surface area contributed by atoms with Crippen molar-refractivity contribution >= 4 is 44.6 Å². The first-order valence-corrected chi connectivity index (χ1v) is 16.2. The molecule has 3 aliphatic rings. The van der Waals surface area contributed by atoms with Gasteiger partial charge in [0.15, 0.2) is 0 Å². The predicted octanol–water partition coefficient (Wildman–Crippen LogP) is 6.49. The Hall–Kier alpha value is -4.65. The molecule has 2 atom stereocenters. The van der Waals surface area contributed by atoms with Crippen LogP contribution < -0.4 is 20.5 Å². The van der Waals surface area contributed by atoms with Crippen LogP contribution in [0.3, 0.4) is 0 Å². The predicted molar refractivity (Wildman–Crippen MR) is 172 cm³/mol. The number of thiophene rings is 1. The van der Waals surface area contributed by atoms with E-state index in [0.717, 1.165) is 16.5 Å². The SMILES string of the molecule is COc1cc(C(=O)NCC(c2cc3c(c(-c4csc5c(F)cccc45)n2)OCC3C)C2(F)CC2)cc2cn(C3(F)CC3)nc12.NC=O. The molecule has 4 heterocycles. The molecule has 2 aromatic carbocycles. The van der Waals surface area contributed by atoms with Crippen LogP contribution in [0, 0.1) is 5.82 Å². The zero-order chi connectivity index (χ0) is 33.1. The fraction of sp³-hybridized carbons (Fsp3) is 0.353. The van der Waals surface area contributed by atoms with Gasteiger partial charge in [0.25, 0.3) is 5.91 Å². The summed E-state index contributed by atoms with van der Waals surface area (Å²) >= 11 is 1.30. The lowest BCUT2D eigenvalue weighted by Gasteiger charge is -2.23. The second-order valence-electron chi connectivity index (χ2n) is 12.3. The largest absolute Gasteiger partial charge is 0.494 e. The summed E-state index contributed by atoms with van der Waals surface area (Å²) in [6.07, 6.45) is 3.36. The summed E-state index contributed by atoms with van der Waals surface area (Å²) in [6, 6.07) is 10.1. The van der Waals surface area contributed by atoms with E-state index in [1.165, 1.54) is 29.2 Å². The standard InChI is InChI=1S/C33H29F3N4O3S.CH3NO/c1-17-15-43-29-21(17)12-25(38-28(29)22-16-44-30-20(22)4-3-5-24(30)34)23(32(35)6-7-32)13-37-31(41)18-10-19-14-40(33(36)8-9-33)39-27(19)26(11-18)42-2;2-1-3/h3-5,10-12,14,16-17,23H,6-9,13,15H2,1-2H3,(H,37,41);1H,(H2,2,3). The van der Waals surface area contributed by atoms with E-state index in [1.807, 2.05) is 24.4 Å². The zero-order valence-electron chi connectivity index (χ0n) is 25.7. The number of methoxy groups -OCH3 is 1. The fourth-order valence-electron chi connectivity index (χ4n) is 6.20. The lowest BCUT2D eigenvalue weighted by atomic mass is 9.92. The molecule has 9 nitrogen and oxygen atoms in total. The van der Waals surface area contributed by atoms with Crippen molar-refractivity contribution in [2.45, 2.75) is 55.9 Å². The molecule has 0 radical (unpaired) electrons. The van der Waals surface area contributed by atoms with Crippen LogP contribution in [0.5, 0.6) is 11.5 Å². The van der Waals surface area contributed by atoms with Crippen LogP contribution in [0.1, 0.15) is 66.1 Å². The molecule has 2 aliphatic carbocycles. The summed E-state index contributed by atoms with van der Waals surface area (Å²) in [5, 5.41) is 10.5. The Morgan fingerprint density at radius 3 is 2.72 bits per heavy atom. The highest BCUT2D eigenvalue weighted by atomic mass is 32.1. The maximum absolute atomic E-state index is 16.0. The first-order valence-electron chi connectivity index (χ1n) is 15.3. The third-order valence-electron chi connectivity index (χ3n) is 9.14. The van der Waals surface area contributed by atoms with Gasteiger partial charge in [0, 0.05) is 70.0 Å². The molecule has 3 N–H and O–H groups in total. The average Bonchev–Trinajstić information content (AvgIpc) is 3.78. The summed E-state index contributed by atoms with van der Waals surface area (Å²) in [7, 11) is 1.47. The van der Waals surface area contributed by atoms with Crippen molar-refractivity contribution in [1.82, 2.24) is 20.1 Å². The molecule has 244 valence electrons. The summed E-state index contributed by atoms with van der Waals surface area (Å²) in [5.41, 5.74) is 6.18. The molecule has 8 rings (SSSR count). The summed E-state index contributed by atoms with van der Waals surface area (Å²) in [4.78, 5) is 27.0. The van der Waals surface area contributed by atoms with Gasteiger partial charge in [0.1, 0.15) is 34.2 Å². The van der Waals surface area contributed by atoms with Gasteiger partial charge < -0.3 is 20.5 Å². The molecule has 2 amide bonds. The summed E-state index contributed by atoms with van der Waals surface area (Å²) in [5.74, 6) is -1.86. The Labute approximate surface area is 271 Å². The van der Waals surface area contributed by atoms with Crippen molar-refractivity contribution in [1.29, 1.82) is 0 Å². The number of nitrogens with one attached hydrogen (secondary N) is 1. The van der Waals surface area contributed by atoms with Crippen molar-refractivity contribution in [3.8, 4) is 22.8 Å². The van der Waals surface area contributed by atoms with E-state index in [0.29, 0.717) is 76.3 Å². The van der Waals surface area contributed by atoms with Crippen LogP contribution in [-0.4, -0.2) is 53.0 Å². The van der Waals surface area contributed by atoms with Crippen molar-refractivity contribution in [3.63, 3.8) is 0 Å². The monoisotopic (exact) mass is 663 g/mol. The smallest absolute Gasteiger partial charge is 0.251 e. The zero-order valence-corrected chi connectivity index (χ0v) is 26.5. The van der Waals surface area contributed by atoms with Crippen LogP contribution in [0.15, 0.2) is 48.0 Å². The number of pyridine rings is 1. The Bertz CT molecular complexity index is 2040. The molecule has 13 heteroatoms. The molecular weight excluding hydrogens is 631 g/mol. The number of alkyl halides is 2. The minimum absolute atomic E-state index is 0.0159. The molecule has 0 spiro atoms. The highest BCUT2D eigenvalue weighted by molar-refractivity contribution is 7.17. The molecule has 0 bridgehead atoms. The van der Waals surface area contributed by atoms with Crippen LogP contribution in [0.4, 0.5) is 13.2 Å². The molecule has 1 aliphatic heterocycles.